The van der Waals surface area contributed by atoms with E-state index >= 15 is 0 Å². The van der Waals surface area contributed by atoms with Gasteiger partial charge in [-0.3, -0.25) is 0 Å². The highest BCUT2D eigenvalue weighted by Gasteiger charge is 2.26. The SMILES string of the molecule is CC(C)(c1ccc(S(=O)(=O)Cl)cc1)c1cocn1.CC(C)(c1ccccc1)c1cocn1. The Balaban J connectivity index is 0.000000186. The molecule has 0 spiro atoms. The molecule has 0 fully saturated rings. The highest BCUT2D eigenvalue weighted by molar-refractivity contribution is 8.13. The molecule has 0 bridgehead atoms. The van der Waals surface area contributed by atoms with Crippen molar-refractivity contribution in [1.82, 2.24) is 9.97 Å². The van der Waals surface area contributed by atoms with Gasteiger partial charge in [0.05, 0.1) is 16.3 Å². The molecule has 0 saturated carbocycles. The average molecular weight is 473 g/mol. The predicted molar refractivity (Wildman–Crippen MR) is 123 cm³/mol. The van der Waals surface area contributed by atoms with E-state index in [4.69, 9.17) is 19.5 Å². The molecule has 168 valence electrons. The van der Waals surface area contributed by atoms with Crippen molar-refractivity contribution in [2.45, 2.75) is 43.4 Å². The Morgan fingerprint density at radius 1 is 0.719 bits per heavy atom. The Labute approximate surface area is 192 Å². The summed E-state index contributed by atoms with van der Waals surface area (Å²) in [5, 5.41) is 0. The summed E-state index contributed by atoms with van der Waals surface area (Å²) in [6.45, 7) is 8.24. The van der Waals surface area contributed by atoms with Crippen molar-refractivity contribution in [3.8, 4) is 0 Å². The van der Waals surface area contributed by atoms with Crippen LogP contribution in [0.4, 0.5) is 0 Å². The molecule has 0 amide bonds. The van der Waals surface area contributed by atoms with Gasteiger partial charge in [-0.15, -0.1) is 0 Å². The lowest BCUT2D eigenvalue weighted by Crippen LogP contribution is -2.19. The van der Waals surface area contributed by atoms with Crippen molar-refractivity contribution in [3.05, 3.63) is 102 Å². The van der Waals surface area contributed by atoms with Gasteiger partial charge in [-0.25, -0.2) is 18.4 Å². The maximum Gasteiger partial charge on any atom is 0.261 e. The average Bonchev–Trinajstić information content (AvgIpc) is 3.49. The fraction of sp³-hybridized carbons (Fsp3) is 0.250. The summed E-state index contributed by atoms with van der Waals surface area (Å²) in [4.78, 5) is 8.41. The number of oxazole rings is 2. The standard InChI is InChI=1S/C12H12ClNO3S.C12H13NO/c1-12(2,11-7-17-8-14-11)9-3-5-10(6-4-9)18(13,15)16;1-12(2,11-8-14-9-13-11)10-6-4-3-5-7-10/h3-8H,1-2H3;3-9H,1-2H3. The van der Waals surface area contributed by atoms with Crippen LogP contribution in [0.15, 0.2) is 93.6 Å². The van der Waals surface area contributed by atoms with Gasteiger partial charge in [0.15, 0.2) is 12.8 Å². The van der Waals surface area contributed by atoms with Gasteiger partial charge >= 0.3 is 0 Å². The molecule has 2 aromatic heterocycles. The van der Waals surface area contributed by atoms with E-state index in [-0.39, 0.29) is 15.7 Å². The van der Waals surface area contributed by atoms with E-state index in [0.717, 1.165) is 17.0 Å². The molecule has 0 aliphatic carbocycles. The second-order valence-corrected chi connectivity index (χ2v) is 10.9. The summed E-state index contributed by atoms with van der Waals surface area (Å²) >= 11 is 0. The van der Waals surface area contributed by atoms with Crippen LogP contribution in [0.3, 0.4) is 0 Å². The summed E-state index contributed by atoms with van der Waals surface area (Å²) in [7, 11) is 1.59. The number of nitrogens with zero attached hydrogens (tertiary/aromatic N) is 2. The zero-order chi connectivity index (χ0) is 23.4. The van der Waals surface area contributed by atoms with Gasteiger partial charge in [0.2, 0.25) is 0 Å². The molecule has 8 heteroatoms. The predicted octanol–water partition coefficient (Wildman–Crippen LogP) is 5.93. The van der Waals surface area contributed by atoms with Crippen LogP contribution >= 0.6 is 10.7 Å². The third kappa shape index (κ3) is 5.29. The van der Waals surface area contributed by atoms with Crippen molar-refractivity contribution >= 4 is 19.7 Å². The first-order chi connectivity index (χ1) is 15.0. The van der Waals surface area contributed by atoms with Crippen LogP contribution in [-0.4, -0.2) is 18.4 Å². The van der Waals surface area contributed by atoms with E-state index in [1.54, 1.807) is 24.7 Å². The molecular weight excluding hydrogens is 448 g/mol. The summed E-state index contributed by atoms with van der Waals surface area (Å²) < 4.78 is 32.3. The minimum Gasteiger partial charge on any atom is -0.451 e. The lowest BCUT2D eigenvalue weighted by molar-refractivity contribution is 0.547. The second kappa shape index (κ2) is 9.30. The van der Waals surface area contributed by atoms with E-state index < -0.39 is 9.05 Å². The third-order valence-electron chi connectivity index (χ3n) is 5.50. The minimum absolute atomic E-state index is 0.0869. The van der Waals surface area contributed by atoms with Gasteiger partial charge in [-0.1, -0.05) is 70.2 Å². The minimum atomic E-state index is -3.68. The van der Waals surface area contributed by atoms with E-state index in [2.05, 4.69) is 35.9 Å². The monoisotopic (exact) mass is 472 g/mol. The van der Waals surface area contributed by atoms with Crippen LogP contribution in [0.5, 0.6) is 0 Å². The third-order valence-corrected chi connectivity index (χ3v) is 6.87. The molecule has 6 nitrogen and oxygen atoms in total. The van der Waals surface area contributed by atoms with Crippen LogP contribution in [0.25, 0.3) is 0 Å². The van der Waals surface area contributed by atoms with Crippen molar-refractivity contribution in [3.63, 3.8) is 0 Å². The molecule has 4 aromatic rings. The van der Waals surface area contributed by atoms with Gasteiger partial charge in [0.1, 0.15) is 12.5 Å². The smallest absolute Gasteiger partial charge is 0.261 e. The molecule has 2 aromatic carbocycles. The second-order valence-electron chi connectivity index (χ2n) is 8.33. The molecule has 0 aliphatic heterocycles. The van der Waals surface area contributed by atoms with Crippen molar-refractivity contribution in [1.29, 1.82) is 0 Å². The Morgan fingerprint density at radius 2 is 1.16 bits per heavy atom. The first-order valence-electron chi connectivity index (χ1n) is 9.91. The van der Waals surface area contributed by atoms with Crippen LogP contribution in [0.1, 0.15) is 50.2 Å². The topological polar surface area (TPSA) is 86.2 Å². The lowest BCUT2D eigenvalue weighted by atomic mass is 9.82. The molecule has 2 heterocycles. The van der Waals surface area contributed by atoms with Gasteiger partial charge in [-0.2, -0.15) is 0 Å². The Hall–Kier alpha value is -2.90. The fourth-order valence-electron chi connectivity index (χ4n) is 3.23. The maximum absolute atomic E-state index is 11.2. The summed E-state index contributed by atoms with van der Waals surface area (Å²) in [6, 6.07) is 16.7. The molecule has 0 N–H and O–H groups in total. The van der Waals surface area contributed by atoms with Crippen LogP contribution < -0.4 is 0 Å². The van der Waals surface area contributed by atoms with E-state index in [0.29, 0.717) is 0 Å². The van der Waals surface area contributed by atoms with Gasteiger partial charge in [-0.05, 0) is 23.3 Å². The van der Waals surface area contributed by atoms with Crippen molar-refractivity contribution in [2.24, 2.45) is 0 Å². The number of aromatic nitrogens is 2. The van der Waals surface area contributed by atoms with Gasteiger partial charge in [0, 0.05) is 21.5 Å². The normalized spacial score (nSPS) is 12.2. The van der Waals surface area contributed by atoms with Crippen molar-refractivity contribution < 1.29 is 17.3 Å². The number of rotatable bonds is 5. The van der Waals surface area contributed by atoms with Gasteiger partial charge < -0.3 is 8.83 Å². The first kappa shape index (κ1) is 23.8. The number of hydrogen-bond acceptors (Lipinski definition) is 6. The zero-order valence-electron chi connectivity index (χ0n) is 18.3. The van der Waals surface area contributed by atoms with E-state index in [1.165, 1.54) is 30.5 Å². The highest BCUT2D eigenvalue weighted by Crippen LogP contribution is 2.31. The molecule has 4 rings (SSSR count). The molecule has 0 aliphatic rings. The Kier molecular flexibility index (Phi) is 6.91. The summed E-state index contributed by atoms with van der Waals surface area (Å²) in [5.74, 6) is 0. The molecule has 0 radical (unpaired) electrons. The van der Waals surface area contributed by atoms with Crippen LogP contribution in [0.2, 0.25) is 0 Å². The van der Waals surface area contributed by atoms with Crippen LogP contribution in [-0.2, 0) is 19.9 Å². The quantitative estimate of drug-likeness (QED) is 0.334. The fourth-order valence-corrected chi connectivity index (χ4v) is 4.00. The van der Waals surface area contributed by atoms with Crippen molar-refractivity contribution in [2.75, 3.05) is 0 Å². The Morgan fingerprint density at radius 3 is 1.53 bits per heavy atom. The first-order valence-corrected chi connectivity index (χ1v) is 12.2. The van der Waals surface area contributed by atoms with Crippen LogP contribution in [0, 0.1) is 0 Å². The number of benzene rings is 2. The van der Waals surface area contributed by atoms with E-state index in [1.807, 2.05) is 32.0 Å². The summed E-state index contributed by atoms with van der Waals surface area (Å²) in [5.41, 5.74) is 3.47. The molecule has 0 unspecified atom stereocenters. The molecule has 0 saturated heterocycles. The highest BCUT2D eigenvalue weighted by atomic mass is 35.7. The summed E-state index contributed by atoms with van der Waals surface area (Å²) in [6.07, 6.45) is 6.12. The molecule has 0 atom stereocenters. The van der Waals surface area contributed by atoms with E-state index in [9.17, 15) is 8.42 Å². The van der Waals surface area contributed by atoms with Gasteiger partial charge in [0.25, 0.3) is 9.05 Å². The zero-order valence-corrected chi connectivity index (χ0v) is 19.9. The number of halogens is 1. The molecular formula is C24H25ClN2O4S. The largest absolute Gasteiger partial charge is 0.451 e. The number of hydrogen-bond donors (Lipinski definition) is 0. The molecule has 32 heavy (non-hydrogen) atoms. The Bertz CT molecular complexity index is 1220. The maximum atomic E-state index is 11.2. The lowest BCUT2D eigenvalue weighted by Gasteiger charge is -2.22.